The maximum absolute atomic E-state index is 13.4. The van der Waals surface area contributed by atoms with E-state index in [1.54, 1.807) is 12.3 Å². The molecule has 2 saturated heterocycles. The second-order valence-electron chi connectivity index (χ2n) is 10.3. The Morgan fingerprint density at radius 2 is 2.11 bits per heavy atom. The molecule has 4 atom stereocenters. The van der Waals surface area contributed by atoms with Crippen LogP contribution >= 0.6 is 0 Å². The van der Waals surface area contributed by atoms with E-state index in [1.807, 2.05) is 12.3 Å². The lowest BCUT2D eigenvalue weighted by atomic mass is 9.97. The fourth-order valence-electron chi connectivity index (χ4n) is 6.03. The first-order valence-corrected chi connectivity index (χ1v) is 12.8. The molecule has 0 spiro atoms. The summed E-state index contributed by atoms with van der Waals surface area (Å²) in [5, 5.41) is 0. The molecule has 37 heavy (non-hydrogen) atoms. The number of hydrogen-bond donors (Lipinski definition) is 1. The molecule has 0 saturated carbocycles. The van der Waals surface area contributed by atoms with Crippen molar-refractivity contribution in [2.24, 2.45) is 5.92 Å². The molecule has 7 nitrogen and oxygen atoms in total. The summed E-state index contributed by atoms with van der Waals surface area (Å²) in [5.74, 6) is 0.178. The van der Waals surface area contributed by atoms with Crippen molar-refractivity contribution >= 4 is 16.8 Å². The third kappa shape index (κ3) is 5.02. The summed E-state index contributed by atoms with van der Waals surface area (Å²) >= 11 is 0. The molecule has 196 valence electrons. The summed E-state index contributed by atoms with van der Waals surface area (Å²) in [6.07, 6.45) is 2.06. The number of Topliss-reactive ketones (excluding diaryl/α,β-unsaturated/α-hetero) is 1. The lowest BCUT2D eigenvalue weighted by molar-refractivity contribution is -0.136. The van der Waals surface area contributed by atoms with Gasteiger partial charge in [0, 0.05) is 56.0 Å². The number of hydrogen-bond acceptors (Lipinski definition) is 6. The van der Waals surface area contributed by atoms with Crippen molar-refractivity contribution < 1.29 is 27.4 Å². The van der Waals surface area contributed by atoms with Crippen LogP contribution in [0.2, 0.25) is 0 Å². The minimum atomic E-state index is -4.51. The fourth-order valence-corrected chi connectivity index (χ4v) is 6.03. The number of H-pyrrole nitrogens is 1. The molecule has 0 radical (unpaired) electrons. The quantitative estimate of drug-likeness (QED) is 0.507. The van der Waals surface area contributed by atoms with E-state index in [0.29, 0.717) is 12.6 Å². The number of halogens is 3. The average molecular weight is 515 g/mol. The second kappa shape index (κ2) is 9.81. The molecule has 3 aromatic rings. The highest BCUT2D eigenvalue weighted by molar-refractivity contribution is 5.83. The van der Waals surface area contributed by atoms with Gasteiger partial charge < -0.3 is 14.5 Å². The van der Waals surface area contributed by atoms with E-state index in [1.165, 1.54) is 11.6 Å². The molecule has 1 N–H and O–H groups in total. The van der Waals surface area contributed by atoms with Crippen molar-refractivity contribution in [1.29, 1.82) is 0 Å². The van der Waals surface area contributed by atoms with Gasteiger partial charge in [-0.2, -0.15) is 13.2 Å². The van der Waals surface area contributed by atoms with Crippen LogP contribution < -0.4 is 0 Å². The Balaban J connectivity index is 1.17. The Morgan fingerprint density at radius 3 is 2.92 bits per heavy atom. The molecule has 0 bridgehead atoms. The van der Waals surface area contributed by atoms with Gasteiger partial charge in [0.1, 0.15) is 17.1 Å². The predicted octanol–water partition coefficient (Wildman–Crippen LogP) is 4.27. The fraction of sp³-hybridized carbons (Fsp3) is 0.519. The highest BCUT2D eigenvalue weighted by Crippen LogP contribution is 2.38. The van der Waals surface area contributed by atoms with E-state index >= 15 is 0 Å². The molecular weight excluding hydrogens is 485 g/mol. The van der Waals surface area contributed by atoms with Crippen molar-refractivity contribution in [3.63, 3.8) is 0 Å². The monoisotopic (exact) mass is 514 g/mol. The Hall–Kier alpha value is -2.82. The van der Waals surface area contributed by atoms with Gasteiger partial charge in [-0.15, -0.1) is 0 Å². The molecule has 4 heterocycles. The molecule has 1 aromatic carbocycles. The standard InChI is InChI=1S/C27H29F3N4O3/c28-27(29,30)21-2-1-3-22-26(21)33-25(32-22)11-19(35)10-17-13-34(18-7-9-36-15-18)14-24(17)37-23-5-4-16-6-8-31-12-20(16)23/h1-3,6,8,12,17-18,23-24H,4-5,7,9-11,13-15H2,(H,32,33)/t17?,18?,23?,24-/m0/s1. The van der Waals surface area contributed by atoms with E-state index in [2.05, 4.69) is 19.9 Å². The van der Waals surface area contributed by atoms with E-state index in [0.717, 1.165) is 50.6 Å². The lowest BCUT2D eigenvalue weighted by Crippen LogP contribution is -2.34. The highest BCUT2D eigenvalue weighted by atomic mass is 19.4. The maximum atomic E-state index is 13.4. The van der Waals surface area contributed by atoms with Crippen LogP contribution in [0.3, 0.4) is 0 Å². The van der Waals surface area contributed by atoms with E-state index in [4.69, 9.17) is 9.47 Å². The topological polar surface area (TPSA) is 80.3 Å². The predicted molar refractivity (Wildman–Crippen MR) is 129 cm³/mol. The van der Waals surface area contributed by atoms with Crippen LogP contribution in [0.15, 0.2) is 36.7 Å². The van der Waals surface area contributed by atoms with Crippen molar-refractivity contribution in [1.82, 2.24) is 19.9 Å². The molecule has 2 fully saturated rings. The number of rotatable bonds is 7. The minimum Gasteiger partial charge on any atom is -0.380 e. The highest BCUT2D eigenvalue weighted by Gasteiger charge is 2.41. The number of imidazole rings is 1. The normalized spacial score (nSPS) is 26.2. The van der Waals surface area contributed by atoms with Gasteiger partial charge in [-0.05, 0) is 43.0 Å². The number of nitrogens with zero attached hydrogens (tertiary/aromatic N) is 3. The van der Waals surface area contributed by atoms with Crippen LogP contribution in [0.4, 0.5) is 13.2 Å². The van der Waals surface area contributed by atoms with Gasteiger partial charge in [0.25, 0.3) is 0 Å². The van der Waals surface area contributed by atoms with Gasteiger partial charge in [-0.1, -0.05) is 6.07 Å². The Kier molecular flexibility index (Phi) is 6.50. The maximum Gasteiger partial charge on any atom is 0.418 e. The molecule has 3 aliphatic rings. The average Bonchev–Trinajstić information content (AvgIpc) is 3.65. The zero-order valence-electron chi connectivity index (χ0n) is 20.3. The summed E-state index contributed by atoms with van der Waals surface area (Å²) in [7, 11) is 0. The zero-order valence-corrected chi connectivity index (χ0v) is 20.3. The van der Waals surface area contributed by atoms with Gasteiger partial charge in [-0.25, -0.2) is 4.98 Å². The van der Waals surface area contributed by atoms with Gasteiger partial charge in [-0.3, -0.25) is 14.7 Å². The number of benzene rings is 1. The smallest absolute Gasteiger partial charge is 0.380 e. The molecule has 0 amide bonds. The lowest BCUT2D eigenvalue weighted by Gasteiger charge is -2.24. The van der Waals surface area contributed by atoms with Crippen LogP contribution in [-0.4, -0.2) is 64.1 Å². The third-order valence-electron chi connectivity index (χ3n) is 7.86. The van der Waals surface area contributed by atoms with Crippen LogP contribution in [0.1, 0.15) is 47.9 Å². The Labute approximate surface area is 212 Å². The van der Waals surface area contributed by atoms with Crippen LogP contribution in [0.5, 0.6) is 0 Å². The number of alkyl halides is 3. The summed E-state index contributed by atoms with van der Waals surface area (Å²) in [4.78, 5) is 26.8. The number of ketones is 1. The summed E-state index contributed by atoms with van der Waals surface area (Å²) in [5.41, 5.74) is 1.71. The number of nitrogens with one attached hydrogen (secondary N) is 1. The van der Waals surface area contributed by atoms with E-state index in [-0.39, 0.29) is 53.6 Å². The number of aromatic amines is 1. The molecule has 3 unspecified atom stereocenters. The number of carbonyl (C=O) groups excluding carboxylic acids is 1. The number of pyridine rings is 1. The van der Waals surface area contributed by atoms with Crippen molar-refractivity contribution in [3.05, 3.63) is 59.2 Å². The van der Waals surface area contributed by atoms with E-state index in [9.17, 15) is 18.0 Å². The number of aryl methyl sites for hydroxylation is 1. The summed E-state index contributed by atoms with van der Waals surface area (Å²) in [6.45, 7) is 2.89. The Morgan fingerprint density at radius 1 is 1.22 bits per heavy atom. The number of likely N-dealkylation sites (tertiary alicyclic amines) is 1. The molecule has 1 aliphatic carbocycles. The first kappa shape index (κ1) is 24.5. The van der Waals surface area contributed by atoms with Crippen molar-refractivity contribution in [2.75, 3.05) is 26.3 Å². The van der Waals surface area contributed by atoms with Gasteiger partial charge in [0.05, 0.1) is 36.3 Å². The van der Waals surface area contributed by atoms with Gasteiger partial charge in [0.15, 0.2) is 0 Å². The second-order valence-corrected chi connectivity index (χ2v) is 10.3. The Bertz CT molecular complexity index is 1290. The van der Waals surface area contributed by atoms with Crippen molar-refractivity contribution in [2.45, 2.75) is 56.5 Å². The number of para-hydroxylation sites is 1. The molecule has 6 rings (SSSR count). The number of ether oxygens (including phenoxy) is 2. The molecule has 2 aromatic heterocycles. The molecule has 10 heteroatoms. The number of carbonyl (C=O) groups is 1. The van der Waals surface area contributed by atoms with Gasteiger partial charge >= 0.3 is 6.18 Å². The van der Waals surface area contributed by atoms with Crippen LogP contribution in [-0.2, 0) is 33.3 Å². The largest absolute Gasteiger partial charge is 0.418 e. The van der Waals surface area contributed by atoms with E-state index < -0.39 is 11.7 Å². The van der Waals surface area contributed by atoms with Gasteiger partial charge in [0.2, 0.25) is 0 Å². The summed E-state index contributed by atoms with van der Waals surface area (Å²) < 4.78 is 52.3. The SMILES string of the molecule is O=C(Cc1nc2c(C(F)(F)F)cccc2[nH]1)CC1CN(C2CCOC2)C[C@@H]1OC1CCc2ccncc21. The first-order chi connectivity index (χ1) is 17.8. The number of aromatic nitrogens is 3. The van der Waals surface area contributed by atoms with Crippen molar-refractivity contribution in [3.8, 4) is 0 Å². The van der Waals surface area contributed by atoms with Crippen LogP contribution in [0, 0.1) is 5.92 Å². The minimum absolute atomic E-state index is 0.0102. The van der Waals surface area contributed by atoms with Crippen LogP contribution in [0.25, 0.3) is 11.0 Å². The first-order valence-electron chi connectivity index (χ1n) is 12.8. The summed E-state index contributed by atoms with van der Waals surface area (Å²) in [6, 6.07) is 6.25. The third-order valence-corrected chi connectivity index (χ3v) is 7.86. The molecule has 2 aliphatic heterocycles. The number of fused-ring (bicyclic) bond motifs is 2. The molecular formula is C27H29F3N4O3. The zero-order chi connectivity index (χ0) is 25.6.